The van der Waals surface area contributed by atoms with E-state index in [1.165, 1.54) is 7.11 Å². The summed E-state index contributed by atoms with van der Waals surface area (Å²) in [6.45, 7) is 2.30. The highest BCUT2D eigenvalue weighted by molar-refractivity contribution is 5.96. The van der Waals surface area contributed by atoms with Crippen LogP contribution in [-0.4, -0.2) is 68.1 Å². The standard InChI is InChI=1S/C19H27N3O3/c1-21-12-9-19(18(24)20-15-6-4-3-5-7-15)10-13-22(11-8-16(19)21)17(23)14-25-2/h3-7,16H,8-14H2,1-2H3,(H,20,24)/t16-,19-/m0/s1. The summed E-state index contributed by atoms with van der Waals surface area (Å²) in [7, 11) is 3.61. The van der Waals surface area contributed by atoms with Gasteiger partial charge in [-0.1, -0.05) is 18.2 Å². The smallest absolute Gasteiger partial charge is 0.248 e. The molecule has 0 bridgehead atoms. The number of fused-ring (bicyclic) bond motifs is 1. The van der Waals surface area contributed by atoms with Gasteiger partial charge in [0.25, 0.3) is 0 Å². The molecule has 0 spiro atoms. The van der Waals surface area contributed by atoms with Crippen LogP contribution < -0.4 is 5.32 Å². The molecule has 1 N–H and O–H groups in total. The van der Waals surface area contributed by atoms with Crippen molar-refractivity contribution in [3.63, 3.8) is 0 Å². The van der Waals surface area contributed by atoms with E-state index in [0.717, 1.165) is 25.1 Å². The molecule has 1 aromatic carbocycles. The number of carbonyl (C=O) groups is 2. The van der Waals surface area contributed by atoms with Crippen molar-refractivity contribution in [1.82, 2.24) is 9.80 Å². The van der Waals surface area contributed by atoms with Crippen LogP contribution in [0.4, 0.5) is 5.69 Å². The lowest BCUT2D eigenvalue weighted by molar-refractivity contribution is -0.135. The Balaban J connectivity index is 1.79. The molecule has 0 aliphatic carbocycles. The van der Waals surface area contributed by atoms with Gasteiger partial charge in [-0.15, -0.1) is 0 Å². The molecule has 2 saturated heterocycles. The lowest BCUT2D eigenvalue weighted by Gasteiger charge is -2.34. The molecule has 6 nitrogen and oxygen atoms in total. The van der Waals surface area contributed by atoms with Crippen molar-refractivity contribution >= 4 is 17.5 Å². The molecule has 0 aromatic heterocycles. The van der Waals surface area contributed by atoms with Crippen LogP contribution in [0.25, 0.3) is 0 Å². The third kappa shape index (κ3) is 3.55. The number of hydrogen-bond donors (Lipinski definition) is 1. The first-order valence-corrected chi connectivity index (χ1v) is 8.90. The number of carbonyl (C=O) groups excluding carboxylic acids is 2. The van der Waals surface area contributed by atoms with Crippen LogP contribution in [0.15, 0.2) is 30.3 Å². The lowest BCUT2D eigenvalue weighted by Crippen LogP contribution is -2.46. The quantitative estimate of drug-likeness (QED) is 0.900. The van der Waals surface area contributed by atoms with Gasteiger partial charge in [-0.05, 0) is 45.0 Å². The minimum absolute atomic E-state index is 0.00347. The van der Waals surface area contributed by atoms with E-state index >= 15 is 0 Å². The number of anilines is 1. The molecule has 25 heavy (non-hydrogen) atoms. The lowest BCUT2D eigenvalue weighted by atomic mass is 9.75. The van der Waals surface area contributed by atoms with Crippen molar-refractivity contribution in [2.75, 3.05) is 45.7 Å². The van der Waals surface area contributed by atoms with Crippen LogP contribution in [0.2, 0.25) is 0 Å². The fourth-order valence-corrected chi connectivity index (χ4v) is 4.25. The topological polar surface area (TPSA) is 61.9 Å². The number of nitrogens with zero attached hydrogens (tertiary/aromatic N) is 2. The Kier molecular flexibility index (Phi) is 5.39. The van der Waals surface area contributed by atoms with Crippen LogP contribution in [0.1, 0.15) is 19.3 Å². The molecule has 0 radical (unpaired) electrons. The van der Waals surface area contributed by atoms with Gasteiger partial charge in [-0.2, -0.15) is 0 Å². The van der Waals surface area contributed by atoms with Crippen LogP contribution in [-0.2, 0) is 14.3 Å². The van der Waals surface area contributed by atoms with Crippen LogP contribution >= 0.6 is 0 Å². The Labute approximate surface area is 149 Å². The zero-order valence-electron chi connectivity index (χ0n) is 15.0. The van der Waals surface area contributed by atoms with Gasteiger partial charge in [0.05, 0.1) is 5.41 Å². The van der Waals surface area contributed by atoms with Gasteiger partial charge in [0.15, 0.2) is 0 Å². The zero-order valence-corrected chi connectivity index (χ0v) is 15.0. The molecule has 2 amide bonds. The van der Waals surface area contributed by atoms with Gasteiger partial charge in [0.1, 0.15) is 6.61 Å². The maximum atomic E-state index is 13.2. The number of hydrogen-bond acceptors (Lipinski definition) is 4. The first-order chi connectivity index (χ1) is 12.1. The molecule has 136 valence electrons. The molecular weight excluding hydrogens is 318 g/mol. The second-order valence-corrected chi connectivity index (χ2v) is 7.08. The molecule has 2 heterocycles. The minimum Gasteiger partial charge on any atom is -0.375 e. The summed E-state index contributed by atoms with van der Waals surface area (Å²) >= 11 is 0. The summed E-state index contributed by atoms with van der Waals surface area (Å²) in [5, 5.41) is 3.10. The largest absolute Gasteiger partial charge is 0.375 e. The Hall–Kier alpha value is -1.92. The number of benzene rings is 1. The van der Waals surface area contributed by atoms with E-state index in [4.69, 9.17) is 4.74 Å². The first kappa shape index (κ1) is 17.9. The van der Waals surface area contributed by atoms with Crippen LogP contribution in [0.3, 0.4) is 0 Å². The fourth-order valence-electron chi connectivity index (χ4n) is 4.25. The third-order valence-corrected chi connectivity index (χ3v) is 5.69. The number of para-hydroxylation sites is 1. The Morgan fingerprint density at radius 1 is 1.20 bits per heavy atom. The van der Waals surface area contributed by atoms with Gasteiger partial charge in [-0.3, -0.25) is 9.59 Å². The van der Waals surface area contributed by atoms with Gasteiger partial charge < -0.3 is 19.9 Å². The highest BCUT2D eigenvalue weighted by Gasteiger charge is 2.52. The van der Waals surface area contributed by atoms with E-state index in [-0.39, 0.29) is 24.5 Å². The monoisotopic (exact) mass is 345 g/mol. The van der Waals surface area contributed by atoms with Crippen molar-refractivity contribution in [3.8, 4) is 0 Å². The summed E-state index contributed by atoms with van der Waals surface area (Å²) in [6.07, 6.45) is 2.34. The van der Waals surface area contributed by atoms with Crippen molar-refractivity contribution < 1.29 is 14.3 Å². The van der Waals surface area contributed by atoms with Crippen LogP contribution in [0.5, 0.6) is 0 Å². The van der Waals surface area contributed by atoms with Crippen molar-refractivity contribution in [2.24, 2.45) is 5.41 Å². The van der Waals surface area contributed by atoms with Crippen LogP contribution in [0, 0.1) is 5.41 Å². The Morgan fingerprint density at radius 2 is 1.92 bits per heavy atom. The number of methoxy groups -OCH3 is 1. The van der Waals surface area contributed by atoms with E-state index in [0.29, 0.717) is 19.5 Å². The predicted molar refractivity (Wildman–Crippen MR) is 96.2 cm³/mol. The maximum Gasteiger partial charge on any atom is 0.248 e. The predicted octanol–water partition coefficient (Wildman–Crippen LogP) is 1.58. The van der Waals surface area contributed by atoms with E-state index in [1.54, 1.807) is 0 Å². The second kappa shape index (κ2) is 7.54. The number of rotatable bonds is 4. The molecule has 0 saturated carbocycles. The van der Waals surface area contributed by atoms with Crippen molar-refractivity contribution in [3.05, 3.63) is 30.3 Å². The average molecular weight is 345 g/mol. The summed E-state index contributed by atoms with van der Waals surface area (Å²) in [5.41, 5.74) is 0.388. The number of ether oxygens (including phenoxy) is 1. The SMILES string of the molecule is COCC(=O)N1CC[C@@H]2N(C)CC[C@]2(C(=O)Nc2ccccc2)CC1. The molecule has 2 aliphatic heterocycles. The highest BCUT2D eigenvalue weighted by atomic mass is 16.5. The summed E-state index contributed by atoms with van der Waals surface area (Å²) in [6, 6.07) is 9.76. The third-order valence-electron chi connectivity index (χ3n) is 5.69. The van der Waals surface area contributed by atoms with Crippen molar-refractivity contribution in [2.45, 2.75) is 25.3 Å². The zero-order chi connectivity index (χ0) is 17.9. The minimum atomic E-state index is -0.438. The van der Waals surface area contributed by atoms with Gasteiger partial charge in [0.2, 0.25) is 11.8 Å². The van der Waals surface area contributed by atoms with Gasteiger partial charge in [0, 0.05) is 31.9 Å². The molecule has 0 unspecified atom stereocenters. The van der Waals surface area contributed by atoms with E-state index in [1.807, 2.05) is 35.2 Å². The molecule has 2 fully saturated rings. The van der Waals surface area contributed by atoms with E-state index in [2.05, 4.69) is 17.3 Å². The Morgan fingerprint density at radius 3 is 2.64 bits per heavy atom. The van der Waals surface area contributed by atoms with Gasteiger partial charge in [-0.25, -0.2) is 0 Å². The normalized spacial score (nSPS) is 26.8. The number of likely N-dealkylation sites (tertiary alicyclic amines) is 2. The maximum absolute atomic E-state index is 13.2. The van der Waals surface area contributed by atoms with E-state index < -0.39 is 5.41 Å². The number of nitrogens with one attached hydrogen (secondary N) is 1. The summed E-state index contributed by atoms with van der Waals surface area (Å²) in [4.78, 5) is 29.5. The molecule has 2 atom stereocenters. The van der Waals surface area contributed by atoms with Crippen molar-refractivity contribution in [1.29, 1.82) is 0 Å². The first-order valence-electron chi connectivity index (χ1n) is 8.90. The Bertz CT molecular complexity index is 622. The molecular formula is C19H27N3O3. The summed E-state index contributed by atoms with van der Waals surface area (Å²) in [5.74, 6) is 0.0813. The number of amides is 2. The average Bonchev–Trinajstić information content (AvgIpc) is 2.81. The fraction of sp³-hybridized carbons (Fsp3) is 0.579. The highest BCUT2D eigenvalue weighted by Crippen LogP contribution is 2.43. The van der Waals surface area contributed by atoms with Gasteiger partial charge >= 0.3 is 0 Å². The summed E-state index contributed by atoms with van der Waals surface area (Å²) < 4.78 is 4.98. The molecule has 6 heteroatoms. The molecule has 3 rings (SSSR count). The van der Waals surface area contributed by atoms with E-state index in [9.17, 15) is 9.59 Å². The molecule has 1 aromatic rings. The second-order valence-electron chi connectivity index (χ2n) is 7.08. The molecule has 2 aliphatic rings.